The molecule has 2 aromatic rings. The number of nitrogens with zero attached hydrogens (tertiary/aromatic N) is 2. The number of amides is 2. The van der Waals surface area contributed by atoms with E-state index in [2.05, 4.69) is 10.5 Å². The maximum atomic E-state index is 13.9. The van der Waals surface area contributed by atoms with Crippen molar-refractivity contribution in [3.8, 4) is 5.75 Å². The summed E-state index contributed by atoms with van der Waals surface area (Å²) in [6.45, 7) is 4.33. The molecule has 0 bridgehead atoms. The predicted octanol–water partition coefficient (Wildman–Crippen LogP) is 3.74. The van der Waals surface area contributed by atoms with Gasteiger partial charge in [-0.2, -0.15) is 0 Å². The third-order valence-electron chi connectivity index (χ3n) is 4.50. The van der Waals surface area contributed by atoms with Crippen molar-refractivity contribution < 1.29 is 18.4 Å². The highest BCUT2D eigenvalue weighted by Gasteiger charge is 2.33. The molecule has 2 heterocycles. The number of rotatable bonds is 4. The van der Waals surface area contributed by atoms with Gasteiger partial charge in [-0.3, -0.25) is 0 Å². The number of likely N-dealkylation sites (tertiary alicyclic amines) is 1. The van der Waals surface area contributed by atoms with Crippen LogP contribution in [0, 0.1) is 12.7 Å². The largest absolute Gasteiger partial charge is 0.494 e. The number of aryl methyl sites for hydroxylation is 1. The lowest BCUT2D eigenvalue weighted by molar-refractivity contribution is 0.179. The van der Waals surface area contributed by atoms with Crippen molar-refractivity contribution in [2.45, 2.75) is 38.8 Å². The molecule has 1 saturated heterocycles. The van der Waals surface area contributed by atoms with Gasteiger partial charge in [0, 0.05) is 12.6 Å². The molecule has 1 fully saturated rings. The molecule has 0 saturated carbocycles. The van der Waals surface area contributed by atoms with Crippen LogP contribution in [0.15, 0.2) is 28.8 Å². The van der Waals surface area contributed by atoms with E-state index in [9.17, 15) is 9.18 Å². The number of halogens is 1. The van der Waals surface area contributed by atoms with Crippen LogP contribution in [0.4, 0.5) is 9.18 Å². The number of urea groups is 1. The maximum Gasteiger partial charge on any atom is 0.318 e. The molecule has 0 unspecified atom stereocenters. The Kier molecular flexibility index (Phi) is 4.92. The van der Waals surface area contributed by atoms with Gasteiger partial charge in [0.15, 0.2) is 17.3 Å². The minimum Gasteiger partial charge on any atom is -0.494 e. The summed E-state index contributed by atoms with van der Waals surface area (Å²) in [5.41, 5.74) is 1.47. The minimum absolute atomic E-state index is 0.110. The quantitative estimate of drug-likeness (QED) is 0.915. The van der Waals surface area contributed by atoms with Gasteiger partial charge in [-0.25, -0.2) is 9.18 Å². The van der Waals surface area contributed by atoms with Crippen LogP contribution in [0.2, 0.25) is 0 Å². The monoisotopic (exact) mass is 347 g/mol. The second kappa shape index (κ2) is 7.13. The SMILES string of the molecule is COc1ccc([C@@H](C)NC(=O)N2CCC[C@@H]2c2cc(C)no2)cc1F. The van der Waals surface area contributed by atoms with E-state index in [1.54, 1.807) is 17.0 Å². The van der Waals surface area contributed by atoms with Crippen LogP contribution in [-0.2, 0) is 0 Å². The predicted molar refractivity (Wildman–Crippen MR) is 89.8 cm³/mol. The van der Waals surface area contributed by atoms with Crippen molar-refractivity contribution in [2.24, 2.45) is 0 Å². The van der Waals surface area contributed by atoms with E-state index in [1.165, 1.54) is 13.2 Å². The zero-order chi connectivity index (χ0) is 18.0. The average molecular weight is 347 g/mol. The standard InChI is InChI=1S/C18H22FN3O3/c1-11-9-17(25-21-11)15-5-4-8-22(15)18(23)20-12(2)13-6-7-16(24-3)14(19)10-13/h6-7,9-10,12,15H,4-5,8H2,1-3H3,(H,20,23)/t12-,15-/m1/s1. The molecular weight excluding hydrogens is 325 g/mol. The Morgan fingerprint density at radius 2 is 2.28 bits per heavy atom. The molecule has 2 amide bonds. The van der Waals surface area contributed by atoms with Crippen LogP contribution in [-0.4, -0.2) is 29.7 Å². The fourth-order valence-electron chi connectivity index (χ4n) is 3.15. The Balaban J connectivity index is 1.69. The zero-order valence-corrected chi connectivity index (χ0v) is 14.6. The van der Waals surface area contributed by atoms with Gasteiger partial charge in [-0.1, -0.05) is 11.2 Å². The van der Waals surface area contributed by atoms with E-state index >= 15 is 0 Å². The van der Waals surface area contributed by atoms with Crippen LogP contribution in [0.5, 0.6) is 5.75 Å². The van der Waals surface area contributed by atoms with Crippen molar-refractivity contribution in [3.05, 3.63) is 47.1 Å². The molecule has 25 heavy (non-hydrogen) atoms. The number of hydrogen-bond donors (Lipinski definition) is 1. The van der Waals surface area contributed by atoms with Gasteiger partial charge in [0.1, 0.15) is 0 Å². The topological polar surface area (TPSA) is 67.6 Å². The first-order valence-electron chi connectivity index (χ1n) is 8.33. The lowest BCUT2D eigenvalue weighted by atomic mass is 10.1. The van der Waals surface area contributed by atoms with Crippen molar-refractivity contribution in [2.75, 3.05) is 13.7 Å². The highest BCUT2D eigenvalue weighted by Crippen LogP contribution is 2.32. The third kappa shape index (κ3) is 3.60. The van der Waals surface area contributed by atoms with Crippen LogP contribution in [0.3, 0.4) is 0 Å². The van der Waals surface area contributed by atoms with E-state index in [0.29, 0.717) is 17.9 Å². The van der Waals surface area contributed by atoms with Gasteiger partial charge in [-0.05, 0) is 44.4 Å². The summed E-state index contributed by atoms with van der Waals surface area (Å²) in [6, 6.07) is 5.91. The Morgan fingerprint density at radius 1 is 1.48 bits per heavy atom. The summed E-state index contributed by atoms with van der Waals surface area (Å²) in [5, 5.41) is 6.83. The van der Waals surface area contributed by atoms with Crippen LogP contribution in [0.1, 0.15) is 48.9 Å². The van der Waals surface area contributed by atoms with Crippen molar-refractivity contribution in [1.82, 2.24) is 15.4 Å². The van der Waals surface area contributed by atoms with Crippen LogP contribution < -0.4 is 10.1 Å². The molecule has 2 atom stereocenters. The smallest absolute Gasteiger partial charge is 0.318 e. The molecule has 0 spiro atoms. The molecule has 1 aromatic carbocycles. The molecular formula is C18H22FN3O3. The second-order valence-electron chi connectivity index (χ2n) is 6.29. The van der Waals surface area contributed by atoms with E-state index in [4.69, 9.17) is 9.26 Å². The molecule has 7 heteroatoms. The molecule has 1 N–H and O–H groups in total. The first kappa shape index (κ1) is 17.3. The van der Waals surface area contributed by atoms with Gasteiger partial charge in [-0.15, -0.1) is 0 Å². The summed E-state index contributed by atoms with van der Waals surface area (Å²) in [5.74, 6) is 0.438. The summed E-state index contributed by atoms with van der Waals surface area (Å²) >= 11 is 0. The van der Waals surface area contributed by atoms with Crippen LogP contribution >= 0.6 is 0 Å². The first-order chi connectivity index (χ1) is 12.0. The molecule has 3 rings (SSSR count). The summed E-state index contributed by atoms with van der Waals surface area (Å²) in [4.78, 5) is 14.4. The summed E-state index contributed by atoms with van der Waals surface area (Å²) in [6.07, 6.45) is 1.75. The number of aromatic nitrogens is 1. The molecule has 134 valence electrons. The van der Waals surface area contributed by atoms with E-state index < -0.39 is 5.82 Å². The van der Waals surface area contributed by atoms with Crippen LogP contribution in [0.25, 0.3) is 0 Å². The summed E-state index contributed by atoms with van der Waals surface area (Å²) in [7, 11) is 1.42. The number of hydrogen-bond acceptors (Lipinski definition) is 4. The highest BCUT2D eigenvalue weighted by molar-refractivity contribution is 5.75. The van der Waals surface area contributed by atoms with Crippen molar-refractivity contribution >= 4 is 6.03 Å². The van der Waals surface area contributed by atoms with Gasteiger partial charge >= 0.3 is 6.03 Å². The Hall–Kier alpha value is -2.57. The fraction of sp³-hybridized carbons (Fsp3) is 0.444. The number of benzene rings is 1. The molecule has 6 nitrogen and oxygen atoms in total. The number of methoxy groups -OCH3 is 1. The van der Waals surface area contributed by atoms with E-state index in [1.807, 2.05) is 19.9 Å². The van der Waals surface area contributed by atoms with Gasteiger partial charge in [0.05, 0.1) is 24.9 Å². The highest BCUT2D eigenvalue weighted by atomic mass is 19.1. The van der Waals surface area contributed by atoms with E-state index in [-0.39, 0.29) is 23.9 Å². The van der Waals surface area contributed by atoms with E-state index in [0.717, 1.165) is 18.5 Å². The Bertz CT molecular complexity index is 762. The molecule has 0 aliphatic carbocycles. The van der Waals surface area contributed by atoms with Crippen molar-refractivity contribution in [3.63, 3.8) is 0 Å². The fourth-order valence-corrected chi connectivity index (χ4v) is 3.15. The van der Waals surface area contributed by atoms with Crippen molar-refractivity contribution in [1.29, 1.82) is 0 Å². The molecule has 1 aromatic heterocycles. The normalized spacial score (nSPS) is 18.2. The minimum atomic E-state index is -0.447. The molecule has 0 radical (unpaired) electrons. The maximum absolute atomic E-state index is 13.9. The second-order valence-corrected chi connectivity index (χ2v) is 6.29. The lowest BCUT2D eigenvalue weighted by Crippen LogP contribution is -2.40. The number of carbonyl (C=O) groups is 1. The number of ether oxygens (including phenoxy) is 1. The Labute approximate surface area is 145 Å². The zero-order valence-electron chi connectivity index (χ0n) is 14.6. The Morgan fingerprint density at radius 3 is 2.92 bits per heavy atom. The lowest BCUT2D eigenvalue weighted by Gasteiger charge is -2.25. The first-order valence-corrected chi connectivity index (χ1v) is 8.33. The molecule has 1 aliphatic rings. The molecule has 1 aliphatic heterocycles. The summed E-state index contributed by atoms with van der Waals surface area (Å²) < 4.78 is 24.1. The van der Waals surface area contributed by atoms with Gasteiger partial charge < -0.3 is 19.5 Å². The average Bonchev–Trinajstić information content (AvgIpc) is 3.23. The number of carbonyl (C=O) groups excluding carboxylic acids is 1. The number of nitrogens with one attached hydrogen (secondary N) is 1. The van der Waals surface area contributed by atoms with Gasteiger partial charge in [0.25, 0.3) is 0 Å². The third-order valence-corrected chi connectivity index (χ3v) is 4.50. The van der Waals surface area contributed by atoms with Gasteiger partial charge in [0.2, 0.25) is 0 Å².